The Labute approximate surface area is 93.4 Å². The Kier molecular flexibility index (Phi) is 4.83. The zero-order chi connectivity index (χ0) is 9.68. The number of aromatic nitrogens is 2. The zero-order valence-corrected chi connectivity index (χ0v) is 9.88. The van der Waals surface area contributed by atoms with Crippen LogP contribution in [0.5, 0.6) is 0 Å². The van der Waals surface area contributed by atoms with E-state index in [1.807, 2.05) is 0 Å². The molecule has 0 aliphatic rings. The van der Waals surface area contributed by atoms with Crippen LogP contribution in [0.4, 0.5) is 0 Å². The molecule has 0 aliphatic heterocycles. The summed E-state index contributed by atoms with van der Waals surface area (Å²) in [6, 6.07) is 0. The van der Waals surface area contributed by atoms with Crippen molar-refractivity contribution in [2.75, 3.05) is 11.6 Å². The van der Waals surface area contributed by atoms with Crippen LogP contribution in [-0.4, -0.2) is 21.6 Å². The quantitative estimate of drug-likeness (QED) is 0.399. The van der Waals surface area contributed by atoms with E-state index in [2.05, 4.69) is 25.9 Å². The number of hydrogen-bond donors (Lipinski definition) is 1. The Morgan fingerprint density at radius 1 is 1.69 bits per heavy atom. The normalized spacial score (nSPS) is 10.3. The van der Waals surface area contributed by atoms with Crippen molar-refractivity contribution in [1.82, 2.24) is 9.97 Å². The third-order valence-electron chi connectivity index (χ3n) is 1.28. The minimum atomic E-state index is -0.150. The SMILES string of the molecule is O=c1[nH]cnc(SCCCCl)c1Br. The van der Waals surface area contributed by atoms with Crippen LogP contribution >= 0.6 is 39.3 Å². The van der Waals surface area contributed by atoms with Gasteiger partial charge in [-0.1, -0.05) is 0 Å². The van der Waals surface area contributed by atoms with E-state index >= 15 is 0 Å². The summed E-state index contributed by atoms with van der Waals surface area (Å²) >= 11 is 10.2. The maximum absolute atomic E-state index is 11.1. The average Bonchev–Trinajstić information content (AvgIpc) is 2.13. The summed E-state index contributed by atoms with van der Waals surface area (Å²) in [6.07, 6.45) is 2.31. The second kappa shape index (κ2) is 5.67. The summed E-state index contributed by atoms with van der Waals surface area (Å²) in [5, 5.41) is 0.717. The van der Waals surface area contributed by atoms with Crippen molar-refractivity contribution < 1.29 is 0 Å². The lowest BCUT2D eigenvalue weighted by molar-refractivity contribution is 0.986. The summed E-state index contributed by atoms with van der Waals surface area (Å²) < 4.78 is 0.495. The molecule has 1 aromatic heterocycles. The van der Waals surface area contributed by atoms with Gasteiger partial charge in [0.1, 0.15) is 9.50 Å². The second-order valence-electron chi connectivity index (χ2n) is 2.24. The number of nitrogens with one attached hydrogen (secondary N) is 1. The van der Waals surface area contributed by atoms with Gasteiger partial charge in [0.05, 0.1) is 6.33 Å². The van der Waals surface area contributed by atoms with Crippen LogP contribution in [0.3, 0.4) is 0 Å². The molecule has 0 fully saturated rings. The van der Waals surface area contributed by atoms with Crippen LogP contribution < -0.4 is 5.56 Å². The van der Waals surface area contributed by atoms with Gasteiger partial charge < -0.3 is 4.98 Å². The van der Waals surface area contributed by atoms with E-state index in [1.54, 1.807) is 0 Å². The molecule has 1 aromatic rings. The number of alkyl halides is 1. The Morgan fingerprint density at radius 2 is 2.46 bits per heavy atom. The first-order chi connectivity index (χ1) is 6.25. The number of thioether (sulfide) groups is 1. The minimum absolute atomic E-state index is 0.150. The van der Waals surface area contributed by atoms with E-state index in [0.29, 0.717) is 15.4 Å². The van der Waals surface area contributed by atoms with E-state index in [-0.39, 0.29) is 5.56 Å². The van der Waals surface area contributed by atoms with Gasteiger partial charge in [-0.05, 0) is 22.4 Å². The molecule has 0 spiro atoms. The molecule has 0 radical (unpaired) electrons. The van der Waals surface area contributed by atoms with Crippen molar-refractivity contribution in [3.05, 3.63) is 21.2 Å². The van der Waals surface area contributed by atoms with E-state index in [0.717, 1.165) is 12.2 Å². The highest BCUT2D eigenvalue weighted by Gasteiger charge is 2.04. The average molecular weight is 284 g/mol. The molecule has 0 saturated carbocycles. The largest absolute Gasteiger partial charge is 0.312 e. The summed E-state index contributed by atoms with van der Waals surface area (Å²) in [7, 11) is 0. The number of hydrogen-bond acceptors (Lipinski definition) is 3. The van der Waals surface area contributed by atoms with Crippen LogP contribution in [0.15, 0.2) is 20.6 Å². The van der Waals surface area contributed by atoms with E-state index in [9.17, 15) is 4.79 Å². The molecule has 6 heteroatoms. The van der Waals surface area contributed by atoms with Crippen molar-refractivity contribution in [3.63, 3.8) is 0 Å². The third-order valence-corrected chi connectivity index (χ3v) is 3.62. The maximum Gasteiger partial charge on any atom is 0.266 e. The standard InChI is InChI=1S/C7H8BrClN2OS/c8-5-6(12)10-4-11-7(5)13-3-1-2-9/h4H,1-3H2,(H,10,11,12). The monoisotopic (exact) mass is 282 g/mol. The van der Waals surface area contributed by atoms with Gasteiger partial charge in [0.25, 0.3) is 5.56 Å². The Morgan fingerprint density at radius 3 is 3.15 bits per heavy atom. The van der Waals surface area contributed by atoms with Crippen molar-refractivity contribution in [1.29, 1.82) is 0 Å². The lowest BCUT2D eigenvalue weighted by Gasteiger charge is -1.99. The molecule has 1 N–H and O–H groups in total. The summed E-state index contributed by atoms with van der Waals surface area (Å²) in [6.45, 7) is 0. The number of nitrogens with zero attached hydrogens (tertiary/aromatic N) is 1. The zero-order valence-electron chi connectivity index (χ0n) is 6.72. The summed E-state index contributed by atoms with van der Waals surface area (Å²) in [4.78, 5) is 17.6. The minimum Gasteiger partial charge on any atom is -0.312 e. The van der Waals surface area contributed by atoms with Gasteiger partial charge in [-0.25, -0.2) is 4.98 Å². The highest BCUT2D eigenvalue weighted by Crippen LogP contribution is 2.21. The molecule has 0 atom stereocenters. The molecule has 0 amide bonds. The Hall–Kier alpha value is -0.000000000000000167. The van der Waals surface area contributed by atoms with Gasteiger partial charge in [0.2, 0.25) is 0 Å². The predicted molar refractivity (Wildman–Crippen MR) is 58.6 cm³/mol. The first-order valence-electron chi connectivity index (χ1n) is 3.67. The van der Waals surface area contributed by atoms with Crippen molar-refractivity contribution in [2.45, 2.75) is 11.4 Å². The summed E-state index contributed by atoms with van der Waals surface area (Å²) in [5.41, 5.74) is -0.150. The Balaban J connectivity index is 2.66. The molecule has 0 unspecified atom stereocenters. The van der Waals surface area contributed by atoms with Crippen LogP contribution in [0, 0.1) is 0 Å². The molecule has 0 bridgehead atoms. The van der Waals surface area contributed by atoms with Gasteiger partial charge in [0, 0.05) is 11.6 Å². The lowest BCUT2D eigenvalue weighted by atomic mass is 10.6. The van der Waals surface area contributed by atoms with Gasteiger partial charge in [-0.15, -0.1) is 23.4 Å². The molecule has 1 heterocycles. The molecular weight excluding hydrogens is 276 g/mol. The van der Waals surface area contributed by atoms with Crippen molar-refractivity contribution >= 4 is 39.3 Å². The van der Waals surface area contributed by atoms with Crippen LogP contribution in [0.2, 0.25) is 0 Å². The second-order valence-corrected chi connectivity index (χ2v) is 4.50. The van der Waals surface area contributed by atoms with E-state index in [1.165, 1.54) is 18.1 Å². The van der Waals surface area contributed by atoms with Crippen LogP contribution in [0.25, 0.3) is 0 Å². The highest BCUT2D eigenvalue weighted by atomic mass is 79.9. The predicted octanol–water partition coefficient (Wildman–Crippen LogP) is 2.25. The molecule has 0 saturated heterocycles. The highest BCUT2D eigenvalue weighted by molar-refractivity contribution is 9.10. The fraction of sp³-hybridized carbons (Fsp3) is 0.429. The van der Waals surface area contributed by atoms with E-state index < -0.39 is 0 Å². The van der Waals surface area contributed by atoms with Gasteiger partial charge in [-0.3, -0.25) is 4.79 Å². The molecular formula is C7H8BrClN2OS. The van der Waals surface area contributed by atoms with Crippen molar-refractivity contribution in [3.8, 4) is 0 Å². The lowest BCUT2D eigenvalue weighted by Crippen LogP contribution is -2.08. The third kappa shape index (κ3) is 3.32. The summed E-state index contributed by atoms with van der Waals surface area (Å²) in [5.74, 6) is 1.51. The number of aromatic amines is 1. The Bertz CT molecular complexity index is 331. The maximum atomic E-state index is 11.1. The van der Waals surface area contributed by atoms with Gasteiger partial charge in [-0.2, -0.15) is 0 Å². The molecule has 1 rings (SSSR count). The smallest absolute Gasteiger partial charge is 0.266 e. The number of halogens is 2. The molecule has 72 valence electrons. The number of rotatable bonds is 4. The first kappa shape index (κ1) is 11.1. The molecule has 0 aliphatic carbocycles. The molecule has 0 aromatic carbocycles. The van der Waals surface area contributed by atoms with E-state index in [4.69, 9.17) is 11.6 Å². The van der Waals surface area contributed by atoms with Gasteiger partial charge >= 0.3 is 0 Å². The van der Waals surface area contributed by atoms with Gasteiger partial charge in [0.15, 0.2) is 0 Å². The molecule has 3 nitrogen and oxygen atoms in total. The fourth-order valence-corrected chi connectivity index (χ4v) is 2.37. The molecule has 13 heavy (non-hydrogen) atoms. The fourth-order valence-electron chi connectivity index (χ4n) is 0.691. The number of H-pyrrole nitrogens is 1. The van der Waals surface area contributed by atoms with Crippen molar-refractivity contribution in [2.24, 2.45) is 0 Å². The van der Waals surface area contributed by atoms with Crippen LogP contribution in [-0.2, 0) is 0 Å². The topological polar surface area (TPSA) is 45.8 Å². The van der Waals surface area contributed by atoms with Crippen LogP contribution in [0.1, 0.15) is 6.42 Å². The first-order valence-corrected chi connectivity index (χ1v) is 5.99.